The molecule has 0 unspecified atom stereocenters. The summed E-state index contributed by atoms with van der Waals surface area (Å²) in [6.07, 6.45) is 5.63. The molecule has 6 nitrogen and oxygen atoms in total. The van der Waals surface area contributed by atoms with Crippen molar-refractivity contribution in [1.82, 2.24) is 15.6 Å². The number of ether oxygens (including phenoxy) is 1. The van der Waals surface area contributed by atoms with Gasteiger partial charge in [0.1, 0.15) is 17.2 Å². The summed E-state index contributed by atoms with van der Waals surface area (Å²) in [7, 11) is 0. The van der Waals surface area contributed by atoms with Gasteiger partial charge in [-0.2, -0.15) is 0 Å². The standard InChI is InChI=1S/C28H37F2N3O3/c1-17(34)33-23(11-19-6-7-20(29)12-22(19)30)25(35)16-31-24-14-28(8-5-9-28)36-26-21(24)10-18(15-32-26)13-27(2,3)4/h6-7,10,12,15,23-25,31,35H,5,8-9,11,13-14,16H2,1-4H3,(H,33,34)/t23-,24-,25-/m0/s1. The lowest BCUT2D eigenvalue weighted by molar-refractivity contribution is -0.120. The van der Waals surface area contributed by atoms with E-state index in [4.69, 9.17) is 4.74 Å². The van der Waals surface area contributed by atoms with Gasteiger partial charge in [0.25, 0.3) is 0 Å². The summed E-state index contributed by atoms with van der Waals surface area (Å²) in [5.41, 5.74) is 2.21. The molecule has 1 fully saturated rings. The number of carbonyl (C=O) groups is 1. The van der Waals surface area contributed by atoms with Crippen LogP contribution in [0.25, 0.3) is 0 Å². The number of hydrogen-bond acceptors (Lipinski definition) is 5. The normalized spacial score (nSPS) is 20.1. The lowest BCUT2D eigenvalue weighted by Crippen LogP contribution is -2.52. The van der Waals surface area contributed by atoms with Crippen molar-refractivity contribution in [2.24, 2.45) is 5.41 Å². The number of aliphatic hydroxyl groups excluding tert-OH is 1. The molecule has 3 atom stereocenters. The molecule has 2 heterocycles. The number of rotatable bonds is 8. The molecule has 1 aliphatic carbocycles. The molecule has 2 aliphatic rings. The smallest absolute Gasteiger partial charge is 0.218 e. The van der Waals surface area contributed by atoms with Gasteiger partial charge in [-0.1, -0.05) is 26.8 Å². The zero-order chi connectivity index (χ0) is 26.1. The van der Waals surface area contributed by atoms with Gasteiger partial charge in [-0.3, -0.25) is 4.79 Å². The van der Waals surface area contributed by atoms with Gasteiger partial charge in [0, 0.05) is 43.8 Å². The molecular formula is C28H37F2N3O3. The first-order chi connectivity index (χ1) is 16.9. The fourth-order valence-corrected chi connectivity index (χ4v) is 5.22. The summed E-state index contributed by atoms with van der Waals surface area (Å²) in [6.45, 7) is 8.09. The molecule has 196 valence electrons. The predicted molar refractivity (Wildman–Crippen MR) is 134 cm³/mol. The Balaban J connectivity index is 1.51. The first-order valence-electron chi connectivity index (χ1n) is 12.7. The molecule has 0 radical (unpaired) electrons. The third kappa shape index (κ3) is 6.40. The number of hydrogen-bond donors (Lipinski definition) is 3. The molecule has 3 N–H and O–H groups in total. The third-order valence-electron chi connectivity index (χ3n) is 7.08. The second kappa shape index (κ2) is 10.4. The number of aromatic nitrogens is 1. The van der Waals surface area contributed by atoms with Gasteiger partial charge in [-0.05, 0) is 60.8 Å². The van der Waals surface area contributed by atoms with Crippen molar-refractivity contribution >= 4 is 5.91 Å². The SMILES string of the molecule is CC(=O)N[C@@H](Cc1ccc(F)cc1F)[C@@H](O)CN[C@H]1CC2(CCC2)Oc2ncc(CC(C)(C)C)cc21. The fraction of sp³-hybridized carbons (Fsp3) is 0.571. The minimum Gasteiger partial charge on any atom is -0.471 e. The summed E-state index contributed by atoms with van der Waals surface area (Å²) in [4.78, 5) is 16.5. The molecule has 36 heavy (non-hydrogen) atoms. The lowest BCUT2D eigenvalue weighted by Gasteiger charge is -2.47. The number of nitrogens with one attached hydrogen (secondary N) is 2. The van der Waals surface area contributed by atoms with Crippen molar-refractivity contribution < 1.29 is 23.4 Å². The number of nitrogens with zero attached hydrogens (tertiary/aromatic N) is 1. The Morgan fingerprint density at radius 3 is 2.64 bits per heavy atom. The molecule has 1 saturated carbocycles. The topological polar surface area (TPSA) is 83.5 Å². The highest BCUT2D eigenvalue weighted by Crippen LogP contribution is 2.48. The average molecular weight is 502 g/mol. The summed E-state index contributed by atoms with van der Waals surface area (Å²) >= 11 is 0. The first-order valence-corrected chi connectivity index (χ1v) is 12.7. The molecule has 1 amide bonds. The van der Waals surface area contributed by atoms with Crippen LogP contribution in [0.5, 0.6) is 5.88 Å². The molecule has 1 spiro atoms. The van der Waals surface area contributed by atoms with Crippen LogP contribution in [0, 0.1) is 17.0 Å². The Hall–Kier alpha value is -2.58. The van der Waals surface area contributed by atoms with E-state index < -0.39 is 23.8 Å². The van der Waals surface area contributed by atoms with E-state index in [1.807, 2.05) is 6.20 Å². The van der Waals surface area contributed by atoms with Crippen molar-refractivity contribution in [2.45, 2.75) is 90.0 Å². The van der Waals surface area contributed by atoms with Crippen molar-refractivity contribution in [2.75, 3.05) is 6.54 Å². The van der Waals surface area contributed by atoms with Crippen LogP contribution >= 0.6 is 0 Å². The zero-order valence-electron chi connectivity index (χ0n) is 21.5. The van der Waals surface area contributed by atoms with Crippen LogP contribution in [0.4, 0.5) is 8.78 Å². The highest BCUT2D eigenvalue weighted by Gasteiger charge is 2.46. The van der Waals surface area contributed by atoms with E-state index in [0.29, 0.717) is 5.88 Å². The van der Waals surface area contributed by atoms with Crippen molar-refractivity contribution in [3.63, 3.8) is 0 Å². The van der Waals surface area contributed by atoms with Crippen LogP contribution < -0.4 is 15.4 Å². The average Bonchev–Trinajstić information content (AvgIpc) is 2.76. The lowest BCUT2D eigenvalue weighted by atomic mass is 9.73. The maximum absolute atomic E-state index is 14.3. The molecule has 4 rings (SSSR count). The van der Waals surface area contributed by atoms with Crippen molar-refractivity contribution in [3.8, 4) is 5.88 Å². The van der Waals surface area contributed by atoms with E-state index in [1.54, 1.807) is 0 Å². The van der Waals surface area contributed by atoms with Crippen LogP contribution in [0.15, 0.2) is 30.5 Å². The number of pyridine rings is 1. The number of carbonyl (C=O) groups excluding carboxylic acids is 1. The van der Waals surface area contributed by atoms with Crippen LogP contribution in [0.2, 0.25) is 0 Å². The molecular weight excluding hydrogens is 464 g/mol. The van der Waals surface area contributed by atoms with Crippen molar-refractivity contribution in [3.05, 3.63) is 58.8 Å². The van der Waals surface area contributed by atoms with Gasteiger partial charge in [0.15, 0.2) is 0 Å². The highest BCUT2D eigenvalue weighted by atomic mass is 19.1. The maximum atomic E-state index is 14.3. The number of amides is 1. The van der Waals surface area contributed by atoms with Gasteiger partial charge in [0.05, 0.1) is 12.1 Å². The molecule has 1 aliphatic heterocycles. The fourth-order valence-electron chi connectivity index (χ4n) is 5.22. The minimum absolute atomic E-state index is 0.0418. The van der Waals surface area contributed by atoms with Crippen LogP contribution in [-0.2, 0) is 17.6 Å². The minimum atomic E-state index is -0.993. The molecule has 2 aromatic rings. The van der Waals surface area contributed by atoms with E-state index in [1.165, 1.54) is 19.1 Å². The maximum Gasteiger partial charge on any atom is 0.218 e. The van der Waals surface area contributed by atoms with Gasteiger partial charge < -0.3 is 20.5 Å². The van der Waals surface area contributed by atoms with E-state index in [2.05, 4.69) is 42.5 Å². The van der Waals surface area contributed by atoms with Gasteiger partial charge in [-0.25, -0.2) is 13.8 Å². The molecule has 1 aromatic heterocycles. The molecule has 0 saturated heterocycles. The monoisotopic (exact) mass is 501 g/mol. The Labute approximate surface area is 211 Å². The third-order valence-corrected chi connectivity index (χ3v) is 7.08. The summed E-state index contributed by atoms with van der Waals surface area (Å²) in [5.74, 6) is -1.06. The highest BCUT2D eigenvalue weighted by molar-refractivity contribution is 5.73. The van der Waals surface area contributed by atoms with Gasteiger partial charge >= 0.3 is 0 Å². The number of halogens is 2. The number of fused-ring (bicyclic) bond motifs is 1. The first kappa shape index (κ1) is 26.5. The van der Waals surface area contributed by atoms with Crippen LogP contribution in [0.3, 0.4) is 0 Å². The summed E-state index contributed by atoms with van der Waals surface area (Å²) in [5, 5.41) is 17.2. The Morgan fingerprint density at radius 1 is 1.28 bits per heavy atom. The molecule has 8 heteroatoms. The van der Waals surface area contributed by atoms with E-state index in [0.717, 1.165) is 49.3 Å². The Morgan fingerprint density at radius 2 is 2.03 bits per heavy atom. The predicted octanol–water partition coefficient (Wildman–Crippen LogP) is 4.39. The van der Waals surface area contributed by atoms with Gasteiger partial charge in [0.2, 0.25) is 11.8 Å². The van der Waals surface area contributed by atoms with E-state index in [9.17, 15) is 18.7 Å². The molecule has 1 aromatic carbocycles. The number of benzene rings is 1. The van der Waals surface area contributed by atoms with Gasteiger partial charge in [-0.15, -0.1) is 0 Å². The summed E-state index contributed by atoms with van der Waals surface area (Å²) in [6, 6.07) is 4.66. The van der Waals surface area contributed by atoms with Crippen molar-refractivity contribution in [1.29, 1.82) is 0 Å². The van der Waals surface area contributed by atoms with Crippen LogP contribution in [0.1, 0.15) is 76.1 Å². The Kier molecular flexibility index (Phi) is 7.67. The Bertz CT molecular complexity index is 1100. The summed E-state index contributed by atoms with van der Waals surface area (Å²) < 4.78 is 33.9. The largest absolute Gasteiger partial charge is 0.471 e. The number of aliphatic hydroxyl groups is 1. The van der Waals surface area contributed by atoms with Crippen LogP contribution in [-0.4, -0.2) is 40.3 Å². The second-order valence-electron chi connectivity index (χ2n) is 11.6. The quantitative estimate of drug-likeness (QED) is 0.500. The zero-order valence-corrected chi connectivity index (χ0v) is 21.5. The van der Waals surface area contributed by atoms with E-state index >= 15 is 0 Å². The molecule has 0 bridgehead atoms. The van der Waals surface area contributed by atoms with E-state index in [-0.39, 0.29) is 41.5 Å². The second-order valence-corrected chi connectivity index (χ2v) is 11.6.